The van der Waals surface area contributed by atoms with Gasteiger partial charge in [-0.3, -0.25) is 10.1 Å². The third-order valence-electron chi connectivity index (χ3n) is 2.14. The predicted molar refractivity (Wildman–Crippen MR) is 75.9 cm³/mol. The van der Waals surface area contributed by atoms with Gasteiger partial charge in [0.1, 0.15) is 5.15 Å². The Kier molecular flexibility index (Phi) is 4.09. The molecule has 0 aliphatic carbocycles. The molecule has 0 atom stereocenters. The fraction of sp³-hybridized carbons (Fsp3) is 0. The number of hydrogen-bond acceptors (Lipinski definition) is 4. The molecule has 1 aromatic heterocycles. The summed E-state index contributed by atoms with van der Waals surface area (Å²) >= 11 is 17.5. The first-order chi connectivity index (χ1) is 8.97. The maximum absolute atomic E-state index is 12.0. The quantitative estimate of drug-likeness (QED) is 0.658. The zero-order valence-corrected chi connectivity index (χ0v) is 11.6. The number of benzene rings is 1. The van der Waals surface area contributed by atoms with Gasteiger partial charge in [-0.25, -0.2) is 9.97 Å². The molecule has 3 N–H and O–H groups in total. The average Bonchev–Trinajstić information content (AvgIpc) is 2.33. The van der Waals surface area contributed by atoms with Crippen LogP contribution in [0.15, 0.2) is 24.4 Å². The Morgan fingerprint density at radius 1 is 1.26 bits per heavy atom. The van der Waals surface area contributed by atoms with Crippen molar-refractivity contribution < 1.29 is 4.79 Å². The van der Waals surface area contributed by atoms with Crippen molar-refractivity contribution >= 4 is 52.3 Å². The third-order valence-corrected chi connectivity index (χ3v) is 3.15. The third kappa shape index (κ3) is 3.26. The maximum Gasteiger partial charge on any atom is 0.259 e. The highest BCUT2D eigenvalue weighted by Crippen LogP contribution is 2.29. The number of carbonyl (C=O) groups is 1. The second-order valence-corrected chi connectivity index (χ2v) is 4.69. The van der Waals surface area contributed by atoms with Gasteiger partial charge < -0.3 is 5.73 Å². The Morgan fingerprint density at radius 2 is 2.00 bits per heavy atom. The Morgan fingerprint density at radius 3 is 2.68 bits per heavy atom. The molecule has 0 bridgehead atoms. The Hall–Kier alpha value is -1.56. The van der Waals surface area contributed by atoms with Crippen LogP contribution in [-0.4, -0.2) is 15.9 Å². The van der Waals surface area contributed by atoms with Gasteiger partial charge in [0.2, 0.25) is 5.95 Å². The Balaban J connectivity index is 2.30. The molecule has 0 fully saturated rings. The number of nitrogen functional groups attached to an aromatic ring is 1. The first-order valence-electron chi connectivity index (χ1n) is 5.02. The first kappa shape index (κ1) is 13.9. The lowest BCUT2D eigenvalue weighted by Gasteiger charge is -2.07. The molecule has 2 aromatic rings. The topological polar surface area (TPSA) is 80.9 Å². The van der Waals surface area contributed by atoms with E-state index in [0.717, 1.165) is 0 Å². The van der Waals surface area contributed by atoms with Crippen molar-refractivity contribution in [3.8, 4) is 0 Å². The average molecular weight is 318 g/mol. The number of anilines is 2. The fourth-order valence-corrected chi connectivity index (χ4v) is 1.90. The highest BCUT2D eigenvalue weighted by atomic mass is 35.5. The van der Waals surface area contributed by atoms with E-state index in [-0.39, 0.29) is 26.7 Å². The molecular weight excluding hydrogens is 311 g/mol. The van der Waals surface area contributed by atoms with Gasteiger partial charge in [0.05, 0.1) is 15.6 Å². The van der Waals surface area contributed by atoms with Gasteiger partial charge in [0, 0.05) is 11.9 Å². The second kappa shape index (κ2) is 5.61. The molecule has 0 spiro atoms. The van der Waals surface area contributed by atoms with E-state index in [1.54, 1.807) is 0 Å². The van der Waals surface area contributed by atoms with E-state index in [4.69, 9.17) is 40.5 Å². The Bertz CT molecular complexity index is 648. The van der Waals surface area contributed by atoms with Crippen LogP contribution < -0.4 is 11.1 Å². The summed E-state index contributed by atoms with van der Waals surface area (Å²) in [4.78, 5) is 19.7. The van der Waals surface area contributed by atoms with E-state index in [9.17, 15) is 4.79 Å². The molecule has 0 saturated heterocycles. The number of carbonyl (C=O) groups excluding carboxylic acids is 1. The molecule has 5 nitrogen and oxygen atoms in total. The van der Waals surface area contributed by atoms with Gasteiger partial charge in [-0.15, -0.1) is 0 Å². The number of nitrogens with zero attached hydrogens (tertiary/aromatic N) is 2. The second-order valence-electron chi connectivity index (χ2n) is 3.52. The van der Waals surface area contributed by atoms with Crippen LogP contribution in [0.1, 0.15) is 10.4 Å². The van der Waals surface area contributed by atoms with Crippen LogP contribution in [0.2, 0.25) is 15.2 Å². The molecule has 0 aliphatic rings. The number of rotatable bonds is 2. The molecule has 1 heterocycles. The van der Waals surface area contributed by atoms with E-state index in [0.29, 0.717) is 5.69 Å². The summed E-state index contributed by atoms with van der Waals surface area (Å²) in [5.41, 5.74) is 6.07. The van der Waals surface area contributed by atoms with Gasteiger partial charge in [-0.05, 0) is 18.2 Å². The van der Waals surface area contributed by atoms with E-state index < -0.39 is 5.91 Å². The zero-order chi connectivity index (χ0) is 14.0. The number of nitrogens with one attached hydrogen (secondary N) is 1. The molecule has 1 amide bonds. The number of amides is 1. The van der Waals surface area contributed by atoms with Crippen molar-refractivity contribution in [2.75, 3.05) is 11.1 Å². The monoisotopic (exact) mass is 316 g/mol. The molecule has 19 heavy (non-hydrogen) atoms. The predicted octanol–water partition coefficient (Wildman–Crippen LogP) is 3.27. The van der Waals surface area contributed by atoms with Crippen LogP contribution in [0.5, 0.6) is 0 Å². The van der Waals surface area contributed by atoms with Crippen molar-refractivity contribution in [3.63, 3.8) is 0 Å². The smallest absolute Gasteiger partial charge is 0.259 e. The Labute approximate surface area is 123 Å². The SMILES string of the molecule is Nc1cc(Cl)c(Cl)c(C(=O)Nc2nccc(Cl)n2)c1. The summed E-state index contributed by atoms with van der Waals surface area (Å²) in [5.74, 6) is -0.464. The largest absolute Gasteiger partial charge is 0.399 e. The van der Waals surface area contributed by atoms with Crippen molar-refractivity contribution in [2.45, 2.75) is 0 Å². The molecule has 0 unspecified atom stereocenters. The van der Waals surface area contributed by atoms with Crippen molar-refractivity contribution in [2.24, 2.45) is 0 Å². The molecule has 1 aromatic carbocycles. The molecule has 2 rings (SSSR count). The molecule has 0 aliphatic heterocycles. The van der Waals surface area contributed by atoms with Crippen LogP contribution in [-0.2, 0) is 0 Å². The van der Waals surface area contributed by atoms with Gasteiger partial charge >= 0.3 is 0 Å². The minimum Gasteiger partial charge on any atom is -0.399 e. The fourth-order valence-electron chi connectivity index (χ4n) is 1.34. The highest BCUT2D eigenvalue weighted by molar-refractivity contribution is 6.44. The van der Waals surface area contributed by atoms with Crippen LogP contribution in [0.25, 0.3) is 0 Å². The standard InChI is InChI=1S/C11H7Cl3N4O/c12-7-4-5(15)3-6(9(7)14)10(19)18-11-16-2-1-8(13)17-11/h1-4H,15H2,(H,16,17,18,19). The molecule has 0 saturated carbocycles. The molecule has 0 radical (unpaired) electrons. The van der Waals surface area contributed by atoms with Gasteiger partial charge in [-0.1, -0.05) is 34.8 Å². The number of aromatic nitrogens is 2. The summed E-state index contributed by atoms with van der Waals surface area (Å²) in [6.45, 7) is 0. The first-order valence-corrected chi connectivity index (χ1v) is 6.15. The van der Waals surface area contributed by atoms with Crippen molar-refractivity contribution in [3.05, 3.63) is 45.2 Å². The highest BCUT2D eigenvalue weighted by Gasteiger charge is 2.15. The minimum atomic E-state index is -0.526. The van der Waals surface area contributed by atoms with Gasteiger partial charge in [0.25, 0.3) is 5.91 Å². The summed E-state index contributed by atoms with van der Waals surface area (Å²) in [6, 6.07) is 4.35. The van der Waals surface area contributed by atoms with Crippen LogP contribution in [0.4, 0.5) is 11.6 Å². The minimum absolute atomic E-state index is 0.0621. The number of hydrogen-bond donors (Lipinski definition) is 2. The molecular formula is C11H7Cl3N4O. The maximum atomic E-state index is 12.0. The molecule has 8 heteroatoms. The lowest BCUT2D eigenvalue weighted by molar-refractivity contribution is 0.102. The van der Waals surface area contributed by atoms with E-state index in [1.807, 2.05) is 0 Å². The summed E-state index contributed by atoms with van der Waals surface area (Å²) < 4.78 is 0. The zero-order valence-electron chi connectivity index (χ0n) is 9.32. The van der Waals surface area contributed by atoms with E-state index in [2.05, 4.69) is 15.3 Å². The van der Waals surface area contributed by atoms with Crippen LogP contribution in [0.3, 0.4) is 0 Å². The van der Waals surface area contributed by atoms with Crippen molar-refractivity contribution in [1.82, 2.24) is 9.97 Å². The van der Waals surface area contributed by atoms with Gasteiger partial charge in [-0.2, -0.15) is 0 Å². The lowest BCUT2D eigenvalue weighted by atomic mass is 10.2. The summed E-state index contributed by atoms with van der Waals surface area (Å²) in [7, 11) is 0. The molecule has 98 valence electrons. The lowest BCUT2D eigenvalue weighted by Crippen LogP contribution is -2.15. The van der Waals surface area contributed by atoms with Crippen LogP contribution >= 0.6 is 34.8 Å². The normalized spacial score (nSPS) is 10.3. The number of halogens is 3. The van der Waals surface area contributed by atoms with Gasteiger partial charge in [0.15, 0.2) is 0 Å². The number of nitrogens with two attached hydrogens (primary N) is 1. The van der Waals surface area contributed by atoms with E-state index in [1.165, 1.54) is 24.4 Å². The van der Waals surface area contributed by atoms with Crippen molar-refractivity contribution in [1.29, 1.82) is 0 Å². The van der Waals surface area contributed by atoms with E-state index >= 15 is 0 Å². The van der Waals surface area contributed by atoms with Crippen LogP contribution in [0, 0.1) is 0 Å². The summed E-state index contributed by atoms with van der Waals surface area (Å²) in [6.07, 6.45) is 1.42. The summed E-state index contributed by atoms with van der Waals surface area (Å²) in [5, 5.41) is 2.96.